The minimum absolute atomic E-state index is 0.277. The van der Waals surface area contributed by atoms with E-state index in [1.807, 2.05) is 24.3 Å². The van der Waals surface area contributed by atoms with Crippen molar-refractivity contribution in [1.82, 2.24) is 15.1 Å². The van der Waals surface area contributed by atoms with Gasteiger partial charge in [-0.2, -0.15) is 0 Å². The Morgan fingerprint density at radius 2 is 2.08 bits per heavy atom. The van der Waals surface area contributed by atoms with Crippen LogP contribution in [0.3, 0.4) is 0 Å². The lowest BCUT2D eigenvalue weighted by Crippen LogP contribution is -2.19. The highest BCUT2D eigenvalue weighted by molar-refractivity contribution is 5.42. The van der Waals surface area contributed by atoms with E-state index in [0.717, 1.165) is 31.8 Å². The van der Waals surface area contributed by atoms with E-state index in [2.05, 4.69) is 27.2 Å². The van der Waals surface area contributed by atoms with Crippen LogP contribution in [0.15, 0.2) is 51.5 Å². The lowest BCUT2D eigenvalue weighted by Gasteiger charge is -2.15. The molecule has 0 amide bonds. The van der Waals surface area contributed by atoms with Crippen molar-refractivity contribution in [3.63, 3.8) is 0 Å². The summed E-state index contributed by atoms with van der Waals surface area (Å²) in [6, 6.07) is 11.8. The van der Waals surface area contributed by atoms with Gasteiger partial charge in [0.25, 0.3) is 5.89 Å². The van der Waals surface area contributed by atoms with Crippen LogP contribution >= 0.6 is 0 Å². The molecule has 0 bridgehead atoms. The molecule has 6 heteroatoms. The van der Waals surface area contributed by atoms with Crippen molar-refractivity contribution < 1.29 is 13.6 Å². The molecule has 24 heavy (non-hydrogen) atoms. The molecule has 0 aliphatic carbocycles. The smallest absolute Gasteiger partial charge is 0.283 e. The van der Waals surface area contributed by atoms with Crippen LogP contribution in [0.4, 0.5) is 0 Å². The average molecular weight is 325 g/mol. The van der Waals surface area contributed by atoms with E-state index in [1.54, 1.807) is 13.4 Å². The summed E-state index contributed by atoms with van der Waals surface area (Å²) in [6.45, 7) is 2.86. The van der Waals surface area contributed by atoms with Crippen LogP contribution in [0.5, 0.6) is 5.75 Å². The maximum absolute atomic E-state index is 5.78. The van der Waals surface area contributed by atoms with Crippen molar-refractivity contribution in [2.75, 3.05) is 20.2 Å². The number of hydrogen-bond donors (Lipinski definition) is 0. The first-order valence-corrected chi connectivity index (χ1v) is 8.04. The Bertz CT molecular complexity index is 780. The van der Waals surface area contributed by atoms with Gasteiger partial charge in [-0.1, -0.05) is 12.1 Å². The second-order valence-electron chi connectivity index (χ2n) is 5.99. The van der Waals surface area contributed by atoms with Gasteiger partial charge < -0.3 is 13.6 Å². The van der Waals surface area contributed by atoms with Gasteiger partial charge in [-0.05, 0) is 42.8 Å². The molecular formula is C18H19N3O3. The Morgan fingerprint density at radius 3 is 2.83 bits per heavy atom. The number of aromatic nitrogens is 2. The minimum atomic E-state index is 0.277. The highest BCUT2D eigenvalue weighted by atomic mass is 16.5. The van der Waals surface area contributed by atoms with E-state index in [1.165, 1.54) is 5.56 Å². The van der Waals surface area contributed by atoms with Crippen molar-refractivity contribution in [3.05, 3.63) is 54.1 Å². The van der Waals surface area contributed by atoms with Gasteiger partial charge in [0.1, 0.15) is 5.75 Å². The molecule has 0 N–H and O–H groups in total. The van der Waals surface area contributed by atoms with Crippen molar-refractivity contribution in [2.45, 2.75) is 18.9 Å². The normalized spacial score (nSPS) is 18.1. The topological polar surface area (TPSA) is 64.5 Å². The van der Waals surface area contributed by atoms with Gasteiger partial charge in [0, 0.05) is 13.1 Å². The molecule has 124 valence electrons. The number of hydrogen-bond acceptors (Lipinski definition) is 6. The molecule has 3 aromatic rings. The predicted octanol–water partition coefficient (Wildman–Crippen LogP) is 3.33. The summed E-state index contributed by atoms with van der Waals surface area (Å²) in [7, 11) is 1.68. The van der Waals surface area contributed by atoms with Crippen molar-refractivity contribution in [3.8, 4) is 17.4 Å². The van der Waals surface area contributed by atoms with Crippen molar-refractivity contribution in [2.24, 2.45) is 0 Å². The average Bonchev–Trinajstić information content (AvgIpc) is 3.36. The van der Waals surface area contributed by atoms with Crippen LogP contribution in [-0.2, 0) is 6.54 Å². The second-order valence-corrected chi connectivity index (χ2v) is 5.99. The van der Waals surface area contributed by atoms with E-state index in [-0.39, 0.29) is 5.92 Å². The van der Waals surface area contributed by atoms with E-state index in [9.17, 15) is 0 Å². The maximum atomic E-state index is 5.78. The molecule has 1 fully saturated rings. The molecule has 0 unspecified atom stereocenters. The Labute approximate surface area is 140 Å². The first-order chi connectivity index (χ1) is 11.8. The second kappa shape index (κ2) is 6.49. The number of methoxy groups -OCH3 is 1. The summed E-state index contributed by atoms with van der Waals surface area (Å²) < 4.78 is 16.3. The summed E-state index contributed by atoms with van der Waals surface area (Å²) in [5.41, 5.74) is 1.28. The van der Waals surface area contributed by atoms with Crippen LogP contribution in [-0.4, -0.2) is 35.3 Å². The molecule has 0 radical (unpaired) electrons. The van der Waals surface area contributed by atoms with Gasteiger partial charge >= 0.3 is 0 Å². The molecule has 1 aliphatic heterocycles. The van der Waals surface area contributed by atoms with Crippen LogP contribution in [0.1, 0.15) is 23.8 Å². The molecular weight excluding hydrogens is 306 g/mol. The molecule has 0 saturated carbocycles. The SMILES string of the molecule is COc1ccc(CN2CC[C@H](c3nnc(-c4ccco4)o3)C2)cc1. The van der Waals surface area contributed by atoms with Gasteiger partial charge in [0.05, 0.1) is 19.3 Å². The van der Waals surface area contributed by atoms with Crippen molar-refractivity contribution >= 4 is 0 Å². The van der Waals surface area contributed by atoms with Gasteiger partial charge in [-0.15, -0.1) is 10.2 Å². The highest BCUT2D eigenvalue weighted by Crippen LogP contribution is 2.29. The Kier molecular flexibility index (Phi) is 4.04. The number of rotatable bonds is 5. The fourth-order valence-electron chi connectivity index (χ4n) is 3.07. The molecule has 1 aliphatic rings. The molecule has 1 saturated heterocycles. The number of likely N-dealkylation sites (tertiary alicyclic amines) is 1. The van der Waals surface area contributed by atoms with Gasteiger partial charge in [0.15, 0.2) is 5.76 Å². The molecule has 6 nitrogen and oxygen atoms in total. The Morgan fingerprint density at radius 1 is 1.21 bits per heavy atom. The van der Waals surface area contributed by atoms with E-state index in [0.29, 0.717) is 17.5 Å². The third kappa shape index (κ3) is 3.05. The van der Waals surface area contributed by atoms with Gasteiger partial charge in [-0.3, -0.25) is 4.90 Å². The third-order valence-corrected chi connectivity index (χ3v) is 4.36. The molecule has 1 atom stereocenters. The predicted molar refractivity (Wildman–Crippen MR) is 87.6 cm³/mol. The first kappa shape index (κ1) is 15.0. The zero-order chi connectivity index (χ0) is 16.4. The zero-order valence-electron chi connectivity index (χ0n) is 13.5. The van der Waals surface area contributed by atoms with Crippen LogP contribution in [0, 0.1) is 0 Å². The van der Waals surface area contributed by atoms with Gasteiger partial charge in [-0.25, -0.2) is 0 Å². The Hall–Kier alpha value is -2.60. The number of benzene rings is 1. The molecule has 2 aromatic heterocycles. The summed E-state index contributed by atoms with van der Waals surface area (Å²) >= 11 is 0. The first-order valence-electron chi connectivity index (χ1n) is 8.04. The fourth-order valence-corrected chi connectivity index (χ4v) is 3.07. The highest BCUT2D eigenvalue weighted by Gasteiger charge is 2.28. The number of furan rings is 1. The molecule has 4 rings (SSSR count). The fraction of sp³-hybridized carbons (Fsp3) is 0.333. The molecule has 0 spiro atoms. The zero-order valence-corrected chi connectivity index (χ0v) is 13.5. The van der Waals surface area contributed by atoms with Crippen LogP contribution < -0.4 is 4.74 Å². The lowest BCUT2D eigenvalue weighted by molar-refractivity contribution is 0.319. The monoisotopic (exact) mass is 325 g/mol. The van der Waals surface area contributed by atoms with Gasteiger partial charge in [0.2, 0.25) is 5.89 Å². The van der Waals surface area contributed by atoms with E-state index in [4.69, 9.17) is 13.6 Å². The van der Waals surface area contributed by atoms with Crippen molar-refractivity contribution in [1.29, 1.82) is 0 Å². The third-order valence-electron chi connectivity index (χ3n) is 4.36. The van der Waals surface area contributed by atoms with E-state index < -0.39 is 0 Å². The number of ether oxygens (including phenoxy) is 1. The maximum Gasteiger partial charge on any atom is 0.283 e. The minimum Gasteiger partial charge on any atom is -0.497 e. The summed E-state index contributed by atoms with van der Waals surface area (Å²) in [5.74, 6) is 2.91. The standard InChI is InChI=1S/C18H19N3O3/c1-22-15-6-4-13(5-7-15)11-21-9-8-14(12-21)17-19-20-18(24-17)16-3-2-10-23-16/h2-7,10,14H,8-9,11-12H2,1H3/t14-/m0/s1. The summed E-state index contributed by atoms with van der Waals surface area (Å²) in [5, 5.41) is 8.29. The largest absolute Gasteiger partial charge is 0.497 e. The number of nitrogens with zero attached hydrogens (tertiary/aromatic N) is 3. The quantitative estimate of drug-likeness (QED) is 0.717. The molecule has 1 aromatic carbocycles. The van der Waals surface area contributed by atoms with Crippen LogP contribution in [0.2, 0.25) is 0 Å². The summed E-state index contributed by atoms with van der Waals surface area (Å²) in [4.78, 5) is 2.41. The van der Waals surface area contributed by atoms with Crippen LogP contribution in [0.25, 0.3) is 11.7 Å². The lowest BCUT2D eigenvalue weighted by atomic mass is 10.1. The molecule has 3 heterocycles. The van der Waals surface area contributed by atoms with E-state index >= 15 is 0 Å². The summed E-state index contributed by atoms with van der Waals surface area (Å²) in [6.07, 6.45) is 2.63. The Balaban J connectivity index is 1.39.